The van der Waals surface area contributed by atoms with Crippen LogP contribution in [0.1, 0.15) is 16.7 Å². The lowest BCUT2D eigenvalue weighted by Crippen LogP contribution is -2.15. The van der Waals surface area contributed by atoms with Gasteiger partial charge >= 0.3 is 0 Å². The van der Waals surface area contributed by atoms with E-state index < -0.39 is 0 Å². The molecule has 154 valence electrons. The van der Waals surface area contributed by atoms with Gasteiger partial charge in [0.2, 0.25) is 11.8 Å². The number of hydrogen-bond acceptors (Lipinski definition) is 3. The number of carbonyl (C=O) groups excluding carboxylic acids is 2. The zero-order valence-electron chi connectivity index (χ0n) is 16.9. The average Bonchev–Trinajstić information content (AvgIpc) is 2.72. The fourth-order valence-electron chi connectivity index (χ4n) is 2.96. The summed E-state index contributed by atoms with van der Waals surface area (Å²) in [5.41, 5.74) is 4.60. The van der Waals surface area contributed by atoms with Crippen molar-refractivity contribution < 1.29 is 9.59 Å². The van der Waals surface area contributed by atoms with Crippen LogP contribution in [0.2, 0.25) is 5.02 Å². The van der Waals surface area contributed by atoms with Crippen molar-refractivity contribution in [2.24, 2.45) is 0 Å². The number of anilines is 2. The molecule has 4 nitrogen and oxygen atoms in total. The molecule has 0 aromatic heterocycles. The molecular weight excluding hydrogens is 416 g/mol. The second-order valence-electron chi connectivity index (χ2n) is 6.98. The first-order valence-corrected chi connectivity index (χ1v) is 10.9. The van der Waals surface area contributed by atoms with E-state index in [1.165, 1.54) is 11.8 Å². The van der Waals surface area contributed by atoms with Crippen molar-refractivity contribution >= 4 is 46.6 Å². The molecule has 30 heavy (non-hydrogen) atoms. The van der Waals surface area contributed by atoms with E-state index in [1.54, 1.807) is 12.1 Å². The van der Waals surface area contributed by atoms with E-state index in [0.717, 1.165) is 33.0 Å². The maximum absolute atomic E-state index is 12.3. The van der Waals surface area contributed by atoms with Crippen LogP contribution < -0.4 is 10.6 Å². The van der Waals surface area contributed by atoms with Gasteiger partial charge in [-0.25, -0.2) is 0 Å². The molecule has 0 aliphatic carbocycles. The van der Waals surface area contributed by atoms with E-state index in [2.05, 4.69) is 10.6 Å². The Balaban J connectivity index is 1.48. The number of amides is 2. The highest BCUT2D eigenvalue weighted by Gasteiger charge is 2.09. The first-order valence-electron chi connectivity index (χ1n) is 9.54. The second kappa shape index (κ2) is 10.3. The number of halogens is 1. The van der Waals surface area contributed by atoms with E-state index in [4.69, 9.17) is 11.6 Å². The molecular formula is C24H23ClN2O2S. The van der Waals surface area contributed by atoms with Gasteiger partial charge in [-0.05, 0) is 66.9 Å². The third-order valence-corrected chi connectivity index (χ3v) is 5.80. The maximum Gasteiger partial charge on any atom is 0.234 e. The highest BCUT2D eigenvalue weighted by atomic mass is 35.5. The quantitative estimate of drug-likeness (QED) is 0.453. The lowest BCUT2D eigenvalue weighted by Gasteiger charge is -2.11. The molecule has 3 rings (SSSR count). The standard InChI is InChI=1S/C24H23ClN2O2S/c1-16-4-3-5-17(2)24(16)27-23(29)15-30-21-12-10-20(11-13-21)26-22(28)14-18-6-8-19(25)9-7-18/h3-13H,14-15H2,1-2H3,(H,26,28)(H,27,29). The molecule has 0 saturated heterocycles. The van der Waals surface area contributed by atoms with E-state index in [0.29, 0.717) is 10.8 Å². The zero-order chi connectivity index (χ0) is 21.5. The highest BCUT2D eigenvalue weighted by molar-refractivity contribution is 8.00. The van der Waals surface area contributed by atoms with Crippen molar-refractivity contribution in [2.45, 2.75) is 25.2 Å². The van der Waals surface area contributed by atoms with Crippen LogP contribution in [0, 0.1) is 13.8 Å². The minimum absolute atomic E-state index is 0.0438. The largest absolute Gasteiger partial charge is 0.326 e. The minimum Gasteiger partial charge on any atom is -0.326 e. The molecule has 0 atom stereocenters. The Morgan fingerprint density at radius 3 is 2.10 bits per heavy atom. The van der Waals surface area contributed by atoms with Crippen molar-refractivity contribution in [1.29, 1.82) is 0 Å². The first kappa shape index (κ1) is 21.9. The fourth-order valence-corrected chi connectivity index (χ4v) is 3.79. The number of rotatable bonds is 7. The lowest BCUT2D eigenvalue weighted by molar-refractivity contribution is -0.115. The van der Waals surface area contributed by atoms with Crippen molar-refractivity contribution in [3.8, 4) is 0 Å². The maximum atomic E-state index is 12.3. The molecule has 0 saturated carbocycles. The van der Waals surface area contributed by atoms with Gasteiger partial charge in [0.15, 0.2) is 0 Å². The molecule has 3 aromatic rings. The van der Waals surface area contributed by atoms with Crippen LogP contribution >= 0.6 is 23.4 Å². The molecule has 2 amide bonds. The van der Waals surface area contributed by atoms with Gasteiger partial charge in [0.1, 0.15) is 0 Å². The van der Waals surface area contributed by atoms with Gasteiger partial charge in [-0.1, -0.05) is 41.9 Å². The third kappa shape index (κ3) is 6.37. The van der Waals surface area contributed by atoms with Crippen molar-refractivity contribution in [3.05, 3.63) is 88.4 Å². The Kier molecular flexibility index (Phi) is 7.55. The van der Waals surface area contributed by atoms with Crippen molar-refractivity contribution in [3.63, 3.8) is 0 Å². The second-order valence-corrected chi connectivity index (χ2v) is 8.46. The number of aryl methyl sites for hydroxylation is 2. The van der Waals surface area contributed by atoms with Crippen LogP contribution in [0.3, 0.4) is 0 Å². The summed E-state index contributed by atoms with van der Waals surface area (Å²) in [5, 5.41) is 6.52. The summed E-state index contributed by atoms with van der Waals surface area (Å²) in [6, 6.07) is 20.6. The smallest absolute Gasteiger partial charge is 0.234 e. The number of nitrogens with one attached hydrogen (secondary N) is 2. The Morgan fingerprint density at radius 2 is 1.47 bits per heavy atom. The predicted octanol–water partition coefficient (Wildman–Crippen LogP) is 5.87. The molecule has 3 aromatic carbocycles. The van der Waals surface area contributed by atoms with Gasteiger partial charge in [-0.2, -0.15) is 0 Å². The molecule has 0 radical (unpaired) electrons. The van der Waals surface area contributed by atoms with Crippen LogP contribution in [0.5, 0.6) is 0 Å². The number of hydrogen-bond donors (Lipinski definition) is 2. The van der Waals surface area contributed by atoms with Crippen LogP contribution in [0.25, 0.3) is 0 Å². The summed E-state index contributed by atoms with van der Waals surface area (Å²) in [7, 11) is 0. The number of thioether (sulfide) groups is 1. The highest BCUT2D eigenvalue weighted by Crippen LogP contribution is 2.23. The molecule has 0 aliphatic heterocycles. The monoisotopic (exact) mass is 438 g/mol. The Morgan fingerprint density at radius 1 is 0.833 bits per heavy atom. The summed E-state index contributed by atoms with van der Waals surface area (Å²) < 4.78 is 0. The lowest BCUT2D eigenvalue weighted by atomic mass is 10.1. The van der Waals surface area contributed by atoms with Crippen molar-refractivity contribution in [2.75, 3.05) is 16.4 Å². The Bertz CT molecular complexity index is 1010. The molecule has 2 N–H and O–H groups in total. The van der Waals surface area contributed by atoms with Crippen LogP contribution in [0.15, 0.2) is 71.6 Å². The molecule has 6 heteroatoms. The van der Waals surface area contributed by atoms with E-state index in [1.807, 2.05) is 68.4 Å². The summed E-state index contributed by atoms with van der Waals surface area (Å²) >= 11 is 7.32. The fraction of sp³-hybridized carbons (Fsp3) is 0.167. The molecule has 0 aliphatic rings. The number of para-hydroxylation sites is 1. The minimum atomic E-state index is -0.0919. The topological polar surface area (TPSA) is 58.2 Å². The number of benzene rings is 3. The van der Waals surface area contributed by atoms with Crippen LogP contribution in [-0.2, 0) is 16.0 Å². The van der Waals surface area contributed by atoms with E-state index >= 15 is 0 Å². The molecule has 0 fully saturated rings. The Hall–Kier alpha value is -2.76. The van der Waals surface area contributed by atoms with Crippen LogP contribution in [0.4, 0.5) is 11.4 Å². The molecule has 0 bridgehead atoms. The summed E-state index contributed by atoms with van der Waals surface area (Å²) in [6.45, 7) is 3.96. The van der Waals surface area contributed by atoms with Gasteiger partial charge in [0, 0.05) is 21.3 Å². The summed E-state index contributed by atoms with van der Waals surface area (Å²) in [5.74, 6) is 0.180. The first-order chi connectivity index (χ1) is 14.4. The van der Waals surface area contributed by atoms with Gasteiger partial charge in [0.25, 0.3) is 0 Å². The van der Waals surface area contributed by atoms with Gasteiger partial charge in [-0.3, -0.25) is 9.59 Å². The van der Waals surface area contributed by atoms with Gasteiger partial charge in [0.05, 0.1) is 12.2 Å². The molecule has 0 heterocycles. The Labute approximate surface area is 186 Å². The van der Waals surface area contributed by atoms with Gasteiger partial charge in [-0.15, -0.1) is 11.8 Å². The number of carbonyl (C=O) groups is 2. The average molecular weight is 439 g/mol. The molecule has 0 spiro atoms. The van der Waals surface area contributed by atoms with E-state index in [-0.39, 0.29) is 18.2 Å². The SMILES string of the molecule is Cc1cccc(C)c1NC(=O)CSc1ccc(NC(=O)Cc2ccc(Cl)cc2)cc1. The van der Waals surface area contributed by atoms with Gasteiger partial charge < -0.3 is 10.6 Å². The predicted molar refractivity (Wildman–Crippen MR) is 125 cm³/mol. The normalized spacial score (nSPS) is 10.5. The van der Waals surface area contributed by atoms with E-state index in [9.17, 15) is 9.59 Å². The van der Waals surface area contributed by atoms with Crippen LogP contribution in [-0.4, -0.2) is 17.6 Å². The summed E-state index contributed by atoms with van der Waals surface area (Å²) in [4.78, 5) is 25.5. The summed E-state index contributed by atoms with van der Waals surface area (Å²) in [6.07, 6.45) is 0.284. The third-order valence-electron chi connectivity index (χ3n) is 4.53. The molecule has 0 unspecified atom stereocenters. The van der Waals surface area contributed by atoms with Crippen molar-refractivity contribution in [1.82, 2.24) is 0 Å². The zero-order valence-corrected chi connectivity index (χ0v) is 18.4.